The summed E-state index contributed by atoms with van der Waals surface area (Å²) < 4.78 is 0. The molecule has 0 aromatic heterocycles. The van der Waals surface area contributed by atoms with Gasteiger partial charge in [-0.05, 0) is 32.4 Å². The second-order valence-electron chi connectivity index (χ2n) is 2.68. The van der Waals surface area contributed by atoms with Crippen LogP contribution in [0.15, 0.2) is 12.7 Å². The van der Waals surface area contributed by atoms with Gasteiger partial charge in [0.1, 0.15) is 0 Å². The van der Waals surface area contributed by atoms with Crippen LogP contribution >= 0.6 is 0 Å². The highest BCUT2D eigenvalue weighted by atomic mass is 16.4. The third kappa shape index (κ3) is 9.17. The standard InChI is InChI=1S/C9H17NO2/c1-2-3-7-10-8-5-4-6-9(11)12/h2,10H,1,3-8H2,(H,11,12). The Morgan fingerprint density at radius 1 is 1.42 bits per heavy atom. The molecule has 0 saturated heterocycles. The maximum Gasteiger partial charge on any atom is 0.303 e. The van der Waals surface area contributed by atoms with Crippen LogP contribution in [0.4, 0.5) is 0 Å². The molecule has 0 rings (SSSR count). The van der Waals surface area contributed by atoms with Gasteiger partial charge in [-0.3, -0.25) is 4.79 Å². The zero-order valence-corrected chi connectivity index (χ0v) is 7.38. The summed E-state index contributed by atoms with van der Waals surface area (Å²) in [6.45, 7) is 5.45. The van der Waals surface area contributed by atoms with E-state index in [0.29, 0.717) is 0 Å². The maximum absolute atomic E-state index is 10.1. The fourth-order valence-corrected chi connectivity index (χ4v) is 0.855. The average molecular weight is 171 g/mol. The van der Waals surface area contributed by atoms with Crippen molar-refractivity contribution >= 4 is 5.97 Å². The minimum Gasteiger partial charge on any atom is -0.481 e. The van der Waals surface area contributed by atoms with Gasteiger partial charge in [-0.2, -0.15) is 0 Å². The lowest BCUT2D eigenvalue weighted by molar-refractivity contribution is -0.137. The number of hydrogen-bond donors (Lipinski definition) is 2. The average Bonchev–Trinajstić information content (AvgIpc) is 2.02. The summed E-state index contributed by atoms with van der Waals surface area (Å²) in [5.74, 6) is -0.707. The molecular formula is C9H17NO2. The summed E-state index contributed by atoms with van der Waals surface area (Å²) in [6.07, 6.45) is 4.81. The van der Waals surface area contributed by atoms with E-state index in [9.17, 15) is 4.79 Å². The number of unbranched alkanes of at least 4 members (excludes halogenated alkanes) is 1. The number of carboxylic acid groups (broad SMARTS) is 1. The molecule has 0 aromatic rings. The van der Waals surface area contributed by atoms with Gasteiger partial charge in [0, 0.05) is 6.42 Å². The highest BCUT2D eigenvalue weighted by Gasteiger charge is 1.94. The quantitative estimate of drug-likeness (QED) is 0.429. The normalized spacial score (nSPS) is 9.67. The Balaban J connectivity index is 2.90. The van der Waals surface area contributed by atoms with Crippen molar-refractivity contribution in [2.24, 2.45) is 0 Å². The Kier molecular flexibility index (Phi) is 7.70. The third-order valence-corrected chi connectivity index (χ3v) is 1.52. The van der Waals surface area contributed by atoms with Crippen LogP contribution in [0.3, 0.4) is 0 Å². The third-order valence-electron chi connectivity index (χ3n) is 1.52. The molecule has 0 amide bonds. The smallest absolute Gasteiger partial charge is 0.303 e. The Hall–Kier alpha value is -0.830. The maximum atomic E-state index is 10.1. The molecule has 0 saturated carbocycles. The Bertz CT molecular complexity index is 134. The van der Waals surface area contributed by atoms with E-state index in [1.165, 1.54) is 0 Å². The minimum atomic E-state index is -0.707. The van der Waals surface area contributed by atoms with Gasteiger partial charge in [0.2, 0.25) is 0 Å². The molecule has 0 aliphatic carbocycles. The number of hydrogen-bond acceptors (Lipinski definition) is 2. The lowest BCUT2D eigenvalue weighted by atomic mass is 10.2. The fraction of sp³-hybridized carbons (Fsp3) is 0.667. The van der Waals surface area contributed by atoms with Crippen LogP contribution in [0.25, 0.3) is 0 Å². The van der Waals surface area contributed by atoms with E-state index in [4.69, 9.17) is 5.11 Å². The molecule has 2 N–H and O–H groups in total. The van der Waals surface area contributed by atoms with Crippen molar-refractivity contribution in [2.75, 3.05) is 13.1 Å². The zero-order valence-electron chi connectivity index (χ0n) is 7.38. The van der Waals surface area contributed by atoms with Crippen LogP contribution in [0, 0.1) is 0 Å². The van der Waals surface area contributed by atoms with Crippen molar-refractivity contribution in [3.63, 3.8) is 0 Å². The highest BCUT2D eigenvalue weighted by molar-refractivity contribution is 5.66. The van der Waals surface area contributed by atoms with Gasteiger partial charge in [-0.25, -0.2) is 0 Å². The summed E-state index contributed by atoms with van der Waals surface area (Å²) in [7, 11) is 0. The molecule has 0 aromatic carbocycles. The number of carbonyl (C=O) groups is 1. The largest absolute Gasteiger partial charge is 0.481 e. The zero-order chi connectivity index (χ0) is 9.23. The molecule has 3 nitrogen and oxygen atoms in total. The van der Waals surface area contributed by atoms with Gasteiger partial charge in [0.05, 0.1) is 0 Å². The molecule has 0 radical (unpaired) electrons. The van der Waals surface area contributed by atoms with Crippen molar-refractivity contribution in [3.05, 3.63) is 12.7 Å². The lowest BCUT2D eigenvalue weighted by Crippen LogP contribution is -2.16. The number of rotatable bonds is 8. The summed E-state index contributed by atoms with van der Waals surface area (Å²) in [5, 5.41) is 11.5. The molecule has 0 heterocycles. The predicted molar refractivity (Wildman–Crippen MR) is 49.2 cm³/mol. The molecule has 0 atom stereocenters. The SMILES string of the molecule is C=CCCNCCCCC(=O)O. The second-order valence-corrected chi connectivity index (χ2v) is 2.68. The second kappa shape index (κ2) is 8.27. The van der Waals surface area contributed by atoms with Crippen molar-refractivity contribution in [1.29, 1.82) is 0 Å². The van der Waals surface area contributed by atoms with E-state index >= 15 is 0 Å². The van der Waals surface area contributed by atoms with E-state index in [1.807, 2.05) is 6.08 Å². The van der Waals surface area contributed by atoms with Crippen molar-refractivity contribution in [2.45, 2.75) is 25.7 Å². The van der Waals surface area contributed by atoms with E-state index in [2.05, 4.69) is 11.9 Å². The van der Waals surface area contributed by atoms with Crippen molar-refractivity contribution in [3.8, 4) is 0 Å². The molecule has 3 heteroatoms. The molecule has 0 bridgehead atoms. The summed E-state index contributed by atoms with van der Waals surface area (Å²) in [5.41, 5.74) is 0. The van der Waals surface area contributed by atoms with Crippen molar-refractivity contribution < 1.29 is 9.90 Å². The molecule has 70 valence electrons. The topological polar surface area (TPSA) is 49.3 Å². The molecule has 0 unspecified atom stereocenters. The first-order valence-electron chi connectivity index (χ1n) is 4.30. The molecule has 0 spiro atoms. The molecule has 12 heavy (non-hydrogen) atoms. The molecule has 0 aliphatic heterocycles. The predicted octanol–water partition coefficient (Wildman–Crippen LogP) is 1.41. The lowest BCUT2D eigenvalue weighted by Gasteiger charge is -2.00. The van der Waals surface area contributed by atoms with Gasteiger partial charge in [-0.1, -0.05) is 6.08 Å². The van der Waals surface area contributed by atoms with E-state index in [-0.39, 0.29) is 6.42 Å². The number of carboxylic acids is 1. The van der Waals surface area contributed by atoms with Crippen LogP contribution in [0.5, 0.6) is 0 Å². The van der Waals surface area contributed by atoms with Gasteiger partial charge in [0.15, 0.2) is 0 Å². The summed E-state index contributed by atoms with van der Waals surface area (Å²) in [4.78, 5) is 10.1. The monoisotopic (exact) mass is 171 g/mol. The van der Waals surface area contributed by atoms with Crippen LogP contribution in [-0.4, -0.2) is 24.2 Å². The van der Waals surface area contributed by atoms with E-state index < -0.39 is 5.97 Å². The first-order valence-corrected chi connectivity index (χ1v) is 4.30. The molecule has 0 fully saturated rings. The molecular weight excluding hydrogens is 154 g/mol. The van der Waals surface area contributed by atoms with Gasteiger partial charge >= 0.3 is 5.97 Å². The minimum absolute atomic E-state index is 0.281. The number of nitrogens with one attached hydrogen (secondary N) is 1. The Labute approximate surface area is 73.5 Å². The van der Waals surface area contributed by atoms with Gasteiger partial charge < -0.3 is 10.4 Å². The summed E-state index contributed by atoms with van der Waals surface area (Å²) in [6, 6.07) is 0. The Morgan fingerprint density at radius 3 is 2.75 bits per heavy atom. The summed E-state index contributed by atoms with van der Waals surface area (Å²) >= 11 is 0. The van der Waals surface area contributed by atoms with Crippen LogP contribution in [0.1, 0.15) is 25.7 Å². The fourth-order valence-electron chi connectivity index (χ4n) is 0.855. The Morgan fingerprint density at radius 2 is 2.17 bits per heavy atom. The molecule has 0 aliphatic rings. The van der Waals surface area contributed by atoms with Crippen molar-refractivity contribution in [1.82, 2.24) is 5.32 Å². The van der Waals surface area contributed by atoms with Crippen LogP contribution in [0.2, 0.25) is 0 Å². The van der Waals surface area contributed by atoms with Gasteiger partial charge in [-0.15, -0.1) is 6.58 Å². The van der Waals surface area contributed by atoms with E-state index in [1.54, 1.807) is 0 Å². The first kappa shape index (κ1) is 11.2. The van der Waals surface area contributed by atoms with Crippen LogP contribution in [-0.2, 0) is 4.79 Å². The van der Waals surface area contributed by atoms with E-state index in [0.717, 1.165) is 32.4 Å². The number of aliphatic carboxylic acids is 1. The highest BCUT2D eigenvalue weighted by Crippen LogP contribution is 1.93. The first-order chi connectivity index (χ1) is 5.77. The van der Waals surface area contributed by atoms with Gasteiger partial charge in [0.25, 0.3) is 0 Å². The van der Waals surface area contributed by atoms with Crippen LogP contribution < -0.4 is 5.32 Å².